The molecule has 2 unspecified atom stereocenters. The smallest absolute Gasteiger partial charge is 0.306 e. The van der Waals surface area contributed by atoms with Crippen LogP contribution in [0.1, 0.15) is 30.9 Å². The number of hydrogen-bond acceptors (Lipinski definition) is 4. The van der Waals surface area contributed by atoms with Crippen molar-refractivity contribution in [3.05, 3.63) is 54.6 Å². The van der Waals surface area contributed by atoms with E-state index in [-0.39, 0.29) is 30.9 Å². The summed E-state index contributed by atoms with van der Waals surface area (Å²) < 4.78 is 7.00. The van der Waals surface area contributed by atoms with Gasteiger partial charge in [0.2, 0.25) is 0 Å². The number of esters is 1. The zero-order chi connectivity index (χ0) is 16.7. The molecule has 0 fully saturated rings. The van der Waals surface area contributed by atoms with Gasteiger partial charge in [-0.1, -0.05) is 30.3 Å². The van der Waals surface area contributed by atoms with Crippen LogP contribution in [0.2, 0.25) is 0 Å². The largest absolute Gasteiger partial charge is 0.456 e. The molecule has 0 bridgehead atoms. The molecule has 2 atom stereocenters. The molecule has 0 aliphatic carbocycles. The standard InChI is InChI=1S/C17H21N3O3/c1-13(20-9-8-19-12-20)15(14-6-4-3-5-7-14)10-17(22)23-11-16(21)18-2/h3-9,12-13,15H,10-11H2,1-2H3,(H,18,21). The van der Waals surface area contributed by atoms with Crippen LogP contribution in [0.4, 0.5) is 0 Å². The summed E-state index contributed by atoms with van der Waals surface area (Å²) in [7, 11) is 1.50. The fourth-order valence-corrected chi connectivity index (χ4v) is 2.44. The van der Waals surface area contributed by atoms with Crippen molar-refractivity contribution < 1.29 is 14.3 Å². The van der Waals surface area contributed by atoms with Crippen LogP contribution >= 0.6 is 0 Å². The maximum atomic E-state index is 12.1. The van der Waals surface area contributed by atoms with Gasteiger partial charge in [0.25, 0.3) is 5.91 Å². The maximum absolute atomic E-state index is 12.1. The molecule has 1 aromatic heterocycles. The Labute approximate surface area is 135 Å². The van der Waals surface area contributed by atoms with Crippen LogP contribution in [-0.4, -0.2) is 35.1 Å². The van der Waals surface area contributed by atoms with Crippen LogP contribution in [0.15, 0.2) is 49.1 Å². The lowest BCUT2D eigenvalue weighted by atomic mass is 9.89. The van der Waals surface area contributed by atoms with Gasteiger partial charge in [0.05, 0.1) is 12.7 Å². The predicted molar refractivity (Wildman–Crippen MR) is 85.8 cm³/mol. The van der Waals surface area contributed by atoms with Crippen LogP contribution < -0.4 is 5.32 Å². The zero-order valence-electron chi connectivity index (χ0n) is 13.3. The van der Waals surface area contributed by atoms with Gasteiger partial charge in [0.15, 0.2) is 6.61 Å². The van der Waals surface area contributed by atoms with E-state index in [2.05, 4.69) is 10.3 Å². The normalized spacial score (nSPS) is 13.1. The summed E-state index contributed by atoms with van der Waals surface area (Å²) in [4.78, 5) is 27.3. The van der Waals surface area contributed by atoms with Gasteiger partial charge in [-0.15, -0.1) is 0 Å². The average molecular weight is 315 g/mol. The summed E-state index contributed by atoms with van der Waals surface area (Å²) in [6, 6.07) is 9.84. The minimum absolute atomic E-state index is 0.0347. The fourth-order valence-electron chi connectivity index (χ4n) is 2.44. The van der Waals surface area contributed by atoms with E-state index in [1.54, 1.807) is 12.5 Å². The van der Waals surface area contributed by atoms with Gasteiger partial charge < -0.3 is 14.6 Å². The molecule has 1 aromatic carbocycles. The minimum Gasteiger partial charge on any atom is -0.456 e. The number of benzene rings is 1. The van der Waals surface area contributed by atoms with Gasteiger partial charge >= 0.3 is 5.97 Å². The third-order valence-electron chi connectivity index (χ3n) is 3.83. The van der Waals surface area contributed by atoms with Crippen molar-refractivity contribution in [2.24, 2.45) is 0 Å². The zero-order valence-corrected chi connectivity index (χ0v) is 13.3. The monoisotopic (exact) mass is 315 g/mol. The van der Waals surface area contributed by atoms with Gasteiger partial charge in [-0.3, -0.25) is 9.59 Å². The predicted octanol–water partition coefficient (Wildman–Crippen LogP) is 1.91. The van der Waals surface area contributed by atoms with E-state index in [1.165, 1.54) is 7.05 Å². The van der Waals surface area contributed by atoms with Crippen molar-refractivity contribution in [1.82, 2.24) is 14.9 Å². The molecular formula is C17H21N3O3. The van der Waals surface area contributed by atoms with Crippen molar-refractivity contribution in [3.8, 4) is 0 Å². The van der Waals surface area contributed by atoms with Crippen LogP contribution in [0, 0.1) is 0 Å². The number of rotatable bonds is 7. The lowest BCUT2D eigenvalue weighted by molar-refractivity contribution is -0.149. The summed E-state index contributed by atoms with van der Waals surface area (Å²) in [5, 5.41) is 2.42. The molecule has 0 aliphatic rings. The molecule has 1 N–H and O–H groups in total. The number of imidazole rings is 1. The first-order valence-electron chi connectivity index (χ1n) is 7.50. The number of carbonyl (C=O) groups excluding carboxylic acids is 2. The SMILES string of the molecule is CNC(=O)COC(=O)CC(c1ccccc1)C(C)n1ccnc1. The molecule has 1 amide bonds. The van der Waals surface area contributed by atoms with Gasteiger partial charge in [-0.2, -0.15) is 0 Å². The number of carbonyl (C=O) groups is 2. The Morgan fingerprint density at radius 2 is 2.04 bits per heavy atom. The number of ether oxygens (including phenoxy) is 1. The number of amides is 1. The van der Waals surface area contributed by atoms with Gasteiger partial charge in [0.1, 0.15) is 0 Å². The number of likely N-dealkylation sites (N-methyl/N-ethyl adjacent to an activating group) is 1. The Balaban J connectivity index is 2.11. The number of nitrogens with one attached hydrogen (secondary N) is 1. The molecule has 0 spiro atoms. The molecule has 0 aliphatic heterocycles. The van der Waals surface area contributed by atoms with E-state index in [4.69, 9.17) is 4.74 Å². The fraction of sp³-hybridized carbons (Fsp3) is 0.353. The van der Waals surface area contributed by atoms with E-state index in [0.717, 1.165) is 5.56 Å². The molecular weight excluding hydrogens is 294 g/mol. The Kier molecular flexibility index (Phi) is 5.91. The summed E-state index contributed by atoms with van der Waals surface area (Å²) >= 11 is 0. The van der Waals surface area contributed by atoms with Crippen LogP contribution in [-0.2, 0) is 14.3 Å². The van der Waals surface area contributed by atoms with Crippen molar-refractivity contribution in [3.63, 3.8) is 0 Å². The highest BCUT2D eigenvalue weighted by Gasteiger charge is 2.24. The Morgan fingerprint density at radius 1 is 1.30 bits per heavy atom. The number of hydrogen-bond donors (Lipinski definition) is 1. The van der Waals surface area contributed by atoms with E-state index in [0.29, 0.717) is 0 Å². The molecule has 6 heteroatoms. The quantitative estimate of drug-likeness (QED) is 0.792. The highest BCUT2D eigenvalue weighted by atomic mass is 16.5. The summed E-state index contributed by atoms with van der Waals surface area (Å²) in [6.45, 7) is 1.78. The lowest BCUT2D eigenvalue weighted by Crippen LogP contribution is -2.26. The van der Waals surface area contributed by atoms with E-state index >= 15 is 0 Å². The Morgan fingerprint density at radius 3 is 2.65 bits per heavy atom. The highest BCUT2D eigenvalue weighted by molar-refractivity contribution is 5.80. The maximum Gasteiger partial charge on any atom is 0.306 e. The van der Waals surface area contributed by atoms with Crippen molar-refractivity contribution in [1.29, 1.82) is 0 Å². The first kappa shape index (κ1) is 16.7. The van der Waals surface area contributed by atoms with Crippen molar-refractivity contribution in [2.75, 3.05) is 13.7 Å². The Bertz CT molecular complexity index is 626. The first-order valence-corrected chi connectivity index (χ1v) is 7.50. The third kappa shape index (κ3) is 4.67. The number of aromatic nitrogens is 2. The van der Waals surface area contributed by atoms with Gasteiger partial charge in [-0.25, -0.2) is 4.98 Å². The summed E-state index contributed by atoms with van der Waals surface area (Å²) in [6.07, 6.45) is 5.51. The second-order valence-corrected chi connectivity index (χ2v) is 5.31. The molecule has 0 saturated heterocycles. The summed E-state index contributed by atoms with van der Waals surface area (Å²) in [5.74, 6) is -0.783. The van der Waals surface area contributed by atoms with Crippen LogP contribution in [0.5, 0.6) is 0 Å². The highest BCUT2D eigenvalue weighted by Crippen LogP contribution is 2.31. The first-order chi connectivity index (χ1) is 11.1. The second kappa shape index (κ2) is 8.12. The van der Waals surface area contributed by atoms with E-state index in [1.807, 2.05) is 48.0 Å². The molecule has 2 rings (SSSR count). The van der Waals surface area contributed by atoms with Crippen molar-refractivity contribution >= 4 is 11.9 Å². The molecule has 0 saturated carbocycles. The molecule has 2 aromatic rings. The van der Waals surface area contributed by atoms with Crippen LogP contribution in [0.25, 0.3) is 0 Å². The minimum atomic E-state index is -0.394. The molecule has 1 heterocycles. The Hall–Kier alpha value is -2.63. The van der Waals surface area contributed by atoms with E-state index in [9.17, 15) is 9.59 Å². The second-order valence-electron chi connectivity index (χ2n) is 5.31. The van der Waals surface area contributed by atoms with Gasteiger partial charge in [0, 0.05) is 31.4 Å². The van der Waals surface area contributed by atoms with E-state index < -0.39 is 5.97 Å². The average Bonchev–Trinajstić information content (AvgIpc) is 3.12. The van der Waals surface area contributed by atoms with Gasteiger partial charge in [-0.05, 0) is 12.5 Å². The number of nitrogens with zero attached hydrogens (tertiary/aromatic N) is 2. The van der Waals surface area contributed by atoms with Crippen LogP contribution in [0.3, 0.4) is 0 Å². The lowest BCUT2D eigenvalue weighted by Gasteiger charge is -2.25. The molecule has 6 nitrogen and oxygen atoms in total. The van der Waals surface area contributed by atoms with Crippen molar-refractivity contribution in [2.45, 2.75) is 25.3 Å². The summed E-state index contributed by atoms with van der Waals surface area (Å²) in [5.41, 5.74) is 1.05. The molecule has 122 valence electrons. The molecule has 23 heavy (non-hydrogen) atoms. The molecule has 0 radical (unpaired) electrons. The third-order valence-corrected chi connectivity index (χ3v) is 3.83. The topological polar surface area (TPSA) is 73.2 Å².